The zero-order valence-corrected chi connectivity index (χ0v) is 17.6. The first kappa shape index (κ1) is 22.3. The van der Waals surface area contributed by atoms with Crippen molar-refractivity contribution in [1.82, 2.24) is 10.2 Å². The van der Waals surface area contributed by atoms with E-state index < -0.39 is 17.6 Å². The van der Waals surface area contributed by atoms with Gasteiger partial charge in [0, 0.05) is 23.7 Å². The van der Waals surface area contributed by atoms with Crippen molar-refractivity contribution in [3.05, 3.63) is 65.7 Å². The number of piperidine rings is 2. The Kier molecular flexibility index (Phi) is 6.50. The van der Waals surface area contributed by atoms with Crippen molar-refractivity contribution < 1.29 is 22.8 Å². The Morgan fingerprint density at radius 3 is 2.22 bits per heavy atom. The van der Waals surface area contributed by atoms with Crippen LogP contribution in [0, 0.1) is 0 Å². The molecule has 2 aliphatic heterocycles. The average Bonchev–Trinajstić information content (AvgIpc) is 2.74. The van der Waals surface area contributed by atoms with Crippen molar-refractivity contribution in [3.63, 3.8) is 0 Å². The van der Waals surface area contributed by atoms with Crippen LogP contribution in [0.1, 0.15) is 48.0 Å². The summed E-state index contributed by atoms with van der Waals surface area (Å²) in [5.74, 6) is -0.561. The van der Waals surface area contributed by atoms with Crippen LogP contribution in [0.5, 0.6) is 0 Å². The van der Waals surface area contributed by atoms with Gasteiger partial charge in [0.1, 0.15) is 0 Å². The molecule has 8 heteroatoms. The van der Waals surface area contributed by atoms with Gasteiger partial charge in [-0.1, -0.05) is 36.8 Å². The molecule has 4 rings (SSSR count). The fourth-order valence-corrected chi connectivity index (χ4v) is 4.91. The minimum atomic E-state index is -4.53. The lowest BCUT2D eigenvalue weighted by Gasteiger charge is -2.48. The summed E-state index contributed by atoms with van der Waals surface area (Å²) in [7, 11) is 0. The predicted octanol–water partition coefficient (Wildman–Crippen LogP) is 4.46. The Bertz CT molecular complexity index is 950. The Balaban J connectivity index is 1.38. The molecule has 0 aromatic heterocycles. The highest BCUT2D eigenvalue weighted by Crippen LogP contribution is 2.36. The molecule has 2 aromatic carbocycles. The van der Waals surface area contributed by atoms with Crippen LogP contribution < -0.4 is 10.6 Å². The molecular formula is C24H26F3N3O2. The van der Waals surface area contributed by atoms with E-state index in [9.17, 15) is 22.8 Å². The van der Waals surface area contributed by atoms with Crippen molar-refractivity contribution >= 4 is 17.5 Å². The average molecular weight is 445 g/mol. The van der Waals surface area contributed by atoms with E-state index in [1.807, 2.05) is 18.2 Å². The number of fused-ring (bicyclic) bond motifs is 2. The lowest BCUT2D eigenvalue weighted by molar-refractivity contribution is -0.137. The molecule has 1 unspecified atom stereocenters. The van der Waals surface area contributed by atoms with Gasteiger partial charge >= 0.3 is 6.18 Å². The number of rotatable bonds is 5. The van der Waals surface area contributed by atoms with Crippen LogP contribution in [0.4, 0.5) is 18.9 Å². The van der Waals surface area contributed by atoms with Gasteiger partial charge in [0.25, 0.3) is 5.91 Å². The molecule has 2 saturated heterocycles. The molecule has 32 heavy (non-hydrogen) atoms. The molecule has 5 nitrogen and oxygen atoms in total. The van der Waals surface area contributed by atoms with E-state index in [4.69, 9.17) is 0 Å². The third kappa shape index (κ3) is 5.12. The van der Waals surface area contributed by atoms with Crippen LogP contribution in [-0.2, 0) is 11.0 Å². The quantitative estimate of drug-likeness (QED) is 0.715. The van der Waals surface area contributed by atoms with Crippen LogP contribution in [0.3, 0.4) is 0 Å². The van der Waals surface area contributed by atoms with Crippen molar-refractivity contribution in [1.29, 1.82) is 0 Å². The molecule has 2 bridgehead atoms. The molecule has 0 aliphatic carbocycles. The van der Waals surface area contributed by atoms with Crippen LogP contribution in [0.2, 0.25) is 0 Å². The smallest absolute Gasteiger partial charge is 0.349 e. The highest BCUT2D eigenvalue weighted by atomic mass is 19.4. The fraction of sp³-hybridized carbons (Fsp3) is 0.417. The van der Waals surface area contributed by atoms with Gasteiger partial charge in [-0.05, 0) is 49.9 Å². The standard InChI is InChI=1S/C24H26F3N3O2/c25-24(26,27)20-11-4-5-12-21(20)29-22(31)15-30-18-9-6-10-19(30)14-17(13-18)28-23(32)16-7-2-1-3-8-16/h1-5,7-8,11-12,17-19H,6,9-10,13-15H2,(H,28,32)(H,29,31)/t17?,18-,19+. The third-order valence-electron chi connectivity index (χ3n) is 6.33. The van der Waals surface area contributed by atoms with Gasteiger partial charge in [-0.3, -0.25) is 14.5 Å². The summed E-state index contributed by atoms with van der Waals surface area (Å²) in [5, 5.41) is 5.56. The van der Waals surface area contributed by atoms with E-state index in [0.717, 1.165) is 38.2 Å². The topological polar surface area (TPSA) is 61.4 Å². The van der Waals surface area contributed by atoms with E-state index in [1.165, 1.54) is 18.2 Å². The summed E-state index contributed by atoms with van der Waals surface area (Å²) >= 11 is 0. The first-order valence-corrected chi connectivity index (χ1v) is 10.9. The molecule has 0 spiro atoms. The highest BCUT2D eigenvalue weighted by molar-refractivity contribution is 5.94. The van der Waals surface area contributed by atoms with E-state index in [1.54, 1.807) is 12.1 Å². The highest BCUT2D eigenvalue weighted by Gasteiger charge is 2.40. The zero-order valence-electron chi connectivity index (χ0n) is 17.6. The molecule has 2 N–H and O–H groups in total. The van der Waals surface area contributed by atoms with Crippen LogP contribution >= 0.6 is 0 Å². The summed E-state index contributed by atoms with van der Waals surface area (Å²) in [5.41, 5.74) is -0.459. The number of hydrogen-bond acceptors (Lipinski definition) is 3. The summed E-state index contributed by atoms with van der Waals surface area (Å²) in [4.78, 5) is 27.3. The maximum atomic E-state index is 13.2. The minimum Gasteiger partial charge on any atom is -0.349 e. The molecule has 170 valence electrons. The van der Waals surface area contributed by atoms with Crippen molar-refractivity contribution in [2.75, 3.05) is 11.9 Å². The number of hydrogen-bond donors (Lipinski definition) is 2. The zero-order chi connectivity index (χ0) is 22.7. The van der Waals surface area contributed by atoms with E-state index >= 15 is 0 Å². The summed E-state index contributed by atoms with van der Waals surface area (Å²) in [6, 6.07) is 14.3. The van der Waals surface area contributed by atoms with Crippen LogP contribution in [-0.4, -0.2) is 41.4 Å². The lowest BCUT2D eigenvalue weighted by atomic mass is 9.81. The van der Waals surface area contributed by atoms with E-state index in [0.29, 0.717) is 5.56 Å². The second kappa shape index (κ2) is 9.32. The molecule has 2 aromatic rings. The van der Waals surface area contributed by atoms with Gasteiger partial charge in [-0.2, -0.15) is 13.2 Å². The largest absolute Gasteiger partial charge is 0.418 e. The Hall–Kier alpha value is -2.87. The molecule has 3 atom stereocenters. The van der Waals surface area contributed by atoms with Crippen molar-refractivity contribution in [3.8, 4) is 0 Å². The summed E-state index contributed by atoms with van der Waals surface area (Å²) in [6.45, 7) is 0.0425. The molecule has 0 saturated carbocycles. The molecular weight excluding hydrogens is 419 g/mol. The first-order valence-electron chi connectivity index (χ1n) is 10.9. The van der Waals surface area contributed by atoms with Gasteiger partial charge in [-0.15, -0.1) is 0 Å². The van der Waals surface area contributed by atoms with Crippen molar-refractivity contribution in [2.24, 2.45) is 0 Å². The summed E-state index contributed by atoms with van der Waals surface area (Å²) < 4.78 is 39.7. The number of amides is 2. The number of nitrogens with one attached hydrogen (secondary N) is 2. The van der Waals surface area contributed by atoms with Gasteiger partial charge in [-0.25, -0.2) is 0 Å². The maximum absolute atomic E-state index is 13.2. The fourth-order valence-electron chi connectivity index (χ4n) is 4.91. The van der Waals surface area contributed by atoms with Gasteiger partial charge in [0.05, 0.1) is 17.8 Å². The Labute approximate surface area is 185 Å². The molecule has 2 amide bonds. The SMILES string of the molecule is O=C(CN1[C@@H]2CCC[C@H]1CC(NC(=O)c1ccccc1)C2)Nc1ccccc1C(F)(F)F. The lowest BCUT2D eigenvalue weighted by Crippen LogP contribution is -2.58. The second-order valence-corrected chi connectivity index (χ2v) is 8.51. The number of anilines is 1. The van der Waals surface area contributed by atoms with Gasteiger partial charge in [0.15, 0.2) is 0 Å². The van der Waals surface area contributed by atoms with E-state index in [2.05, 4.69) is 15.5 Å². The predicted molar refractivity (Wildman–Crippen MR) is 115 cm³/mol. The Morgan fingerprint density at radius 2 is 1.56 bits per heavy atom. The second-order valence-electron chi connectivity index (χ2n) is 8.51. The minimum absolute atomic E-state index is 0.0169. The number of benzene rings is 2. The third-order valence-corrected chi connectivity index (χ3v) is 6.33. The number of carbonyl (C=O) groups excluding carboxylic acids is 2. The van der Waals surface area contributed by atoms with Crippen LogP contribution in [0.15, 0.2) is 54.6 Å². The monoisotopic (exact) mass is 445 g/mol. The number of halogens is 3. The molecule has 2 aliphatic rings. The van der Waals surface area contributed by atoms with Gasteiger partial charge in [0.2, 0.25) is 5.91 Å². The first-order chi connectivity index (χ1) is 15.3. The molecule has 2 heterocycles. The van der Waals surface area contributed by atoms with E-state index in [-0.39, 0.29) is 36.3 Å². The van der Waals surface area contributed by atoms with Crippen molar-refractivity contribution in [2.45, 2.75) is 56.4 Å². The van der Waals surface area contributed by atoms with Gasteiger partial charge < -0.3 is 10.6 Å². The normalized spacial score (nSPS) is 23.4. The molecule has 2 fully saturated rings. The summed E-state index contributed by atoms with van der Waals surface area (Å²) in [6.07, 6.45) is -0.233. The molecule has 0 radical (unpaired) electrons. The Morgan fingerprint density at radius 1 is 0.938 bits per heavy atom. The number of carbonyl (C=O) groups is 2. The maximum Gasteiger partial charge on any atom is 0.418 e. The number of alkyl halides is 3. The number of para-hydroxylation sites is 1. The number of nitrogens with zero attached hydrogens (tertiary/aromatic N) is 1. The van der Waals surface area contributed by atoms with Crippen LogP contribution in [0.25, 0.3) is 0 Å².